The van der Waals surface area contributed by atoms with Crippen LogP contribution in [-0.2, 0) is 10.0 Å². The van der Waals surface area contributed by atoms with E-state index >= 15 is 0 Å². The van der Waals surface area contributed by atoms with E-state index in [0.717, 1.165) is 17.7 Å². The fraction of sp³-hybridized carbons (Fsp3) is 0.120. The summed E-state index contributed by atoms with van der Waals surface area (Å²) in [5, 5.41) is 3.53. The maximum atomic E-state index is 14.0. The molecule has 0 aliphatic rings. The van der Waals surface area contributed by atoms with Crippen LogP contribution in [0.4, 0.5) is 10.1 Å². The van der Waals surface area contributed by atoms with Gasteiger partial charge >= 0.3 is 29.6 Å². The second-order valence-electron chi connectivity index (χ2n) is 7.47. The molecule has 0 saturated heterocycles. The molecular formula is C25H23FN3NaO3S. The first-order valence-corrected chi connectivity index (χ1v) is 11.9. The quantitative estimate of drug-likeness (QED) is 0.391. The van der Waals surface area contributed by atoms with Crippen LogP contribution in [0.2, 0.25) is 0 Å². The van der Waals surface area contributed by atoms with Gasteiger partial charge in [-0.3, -0.25) is 14.5 Å². The van der Waals surface area contributed by atoms with Crippen LogP contribution in [0, 0.1) is 5.82 Å². The molecular weight excluding hydrogens is 464 g/mol. The molecule has 1 aromatic heterocycles. The van der Waals surface area contributed by atoms with Gasteiger partial charge in [0.2, 0.25) is 0 Å². The number of amides is 1. The van der Waals surface area contributed by atoms with Crippen molar-refractivity contribution in [3.63, 3.8) is 0 Å². The predicted molar refractivity (Wildman–Crippen MR) is 127 cm³/mol. The van der Waals surface area contributed by atoms with Crippen LogP contribution in [0.15, 0.2) is 90.0 Å². The van der Waals surface area contributed by atoms with Gasteiger partial charge in [0.15, 0.2) is 0 Å². The fourth-order valence-corrected chi connectivity index (χ4v) is 4.89. The summed E-state index contributed by atoms with van der Waals surface area (Å²) >= 11 is 0. The summed E-state index contributed by atoms with van der Waals surface area (Å²) in [5.41, 5.74) is 1.07. The first-order valence-electron chi connectivity index (χ1n) is 10.4. The molecule has 0 bridgehead atoms. The summed E-state index contributed by atoms with van der Waals surface area (Å²) in [6.45, 7) is 1.92. The van der Waals surface area contributed by atoms with Gasteiger partial charge < -0.3 is 6.74 Å². The number of pyridine rings is 1. The van der Waals surface area contributed by atoms with E-state index in [1.54, 1.807) is 24.3 Å². The van der Waals surface area contributed by atoms with Crippen LogP contribution < -0.4 is 39.6 Å². The maximum absolute atomic E-state index is 14.0. The molecule has 170 valence electrons. The molecule has 0 unspecified atom stereocenters. The number of hydrogen-bond donors (Lipinski definition) is 2. The van der Waals surface area contributed by atoms with Crippen molar-refractivity contribution in [3.8, 4) is 0 Å². The normalized spacial score (nSPS) is 11.9. The van der Waals surface area contributed by atoms with Gasteiger partial charge in [-0.25, -0.2) is 12.8 Å². The van der Waals surface area contributed by atoms with Gasteiger partial charge in [-0.05, 0) is 42.3 Å². The van der Waals surface area contributed by atoms with Gasteiger partial charge in [-0.2, -0.15) is 0 Å². The Hall–Kier alpha value is -2.78. The van der Waals surface area contributed by atoms with Gasteiger partial charge in [0.25, 0.3) is 15.9 Å². The molecule has 0 spiro atoms. The SMILES string of the molecule is CC[C@H](NC(=O)c1cc(F)ccc1NS(=O)(=O)c1cccc2cccnc12)c1ccccc1.[H-].[Na+]. The van der Waals surface area contributed by atoms with Gasteiger partial charge in [0.1, 0.15) is 10.7 Å². The number of nitrogens with one attached hydrogen (secondary N) is 2. The van der Waals surface area contributed by atoms with Crippen molar-refractivity contribution >= 4 is 32.5 Å². The summed E-state index contributed by atoms with van der Waals surface area (Å²) in [5.74, 6) is -1.23. The van der Waals surface area contributed by atoms with Crippen LogP contribution in [0.1, 0.15) is 36.7 Å². The number of para-hydroxylation sites is 1. The molecule has 0 aliphatic heterocycles. The van der Waals surface area contributed by atoms with E-state index in [-0.39, 0.29) is 53.2 Å². The number of hydrogen-bond acceptors (Lipinski definition) is 4. The van der Waals surface area contributed by atoms with Crippen LogP contribution in [0.5, 0.6) is 0 Å². The smallest absolute Gasteiger partial charge is 1.00 e. The summed E-state index contributed by atoms with van der Waals surface area (Å²) < 4.78 is 42.9. The third-order valence-corrected chi connectivity index (χ3v) is 6.67. The topological polar surface area (TPSA) is 88.2 Å². The molecule has 1 atom stereocenters. The van der Waals surface area contributed by atoms with E-state index in [0.29, 0.717) is 17.3 Å². The summed E-state index contributed by atoms with van der Waals surface area (Å²) in [7, 11) is -4.11. The van der Waals surface area contributed by atoms with Gasteiger partial charge in [0, 0.05) is 11.6 Å². The first-order chi connectivity index (χ1) is 15.9. The van der Waals surface area contributed by atoms with Crippen molar-refractivity contribution in [1.29, 1.82) is 0 Å². The minimum Gasteiger partial charge on any atom is -1.00 e. The molecule has 4 aromatic rings. The van der Waals surface area contributed by atoms with Crippen LogP contribution in [0.3, 0.4) is 0 Å². The molecule has 4 rings (SSSR count). The van der Waals surface area contributed by atoms with E-state index in [2.05, 4.69) is 15.0 Å². The molecule has 6 nitrogen and oxygen atoms in total. The predicted octanol–water partition coefficient (Wildman–Crippen LogP) is 2.17. The Morgan fingerprint density at radius 2 is 1.76 bits per heavy atom. The van der Waals surface area contributed by atoms with Crippen molar-refractivity contribution in [1.82, 2.24) is 10.3 Å². The second-order valence-corrected chi connectivity index (χ2v) is 9.12. The largest absolute Gasteiger partial charge is 1.00 e. The Morgan fingerprint density at radius 3 is 2.50 bits per heavy atom. The molecule has 9 heteroatoms. The molecule has 0 fully saturated rings. The Bertz CT molecular complexity index is 1420. The van der Waals surface area contributed by atoms with Crippen molar-refractivity contribution in [2.75, 3.05) is 4.72 Å². The monoisotopic (exact) mass is 487 g/mol. The third-order valence-electron chi connectivity index (χ3n) is 5.27. The van der Waals surface area contributed by atoms with E-state index < -0.39 is 21.7 Å². The standard InChI is InChI=1S/C25H22FN3O3S.Na.H/c1-2-21(17-8-4-3-5-9-17)28-25(30)20-16-19(26)13-14-22(20)29-33(31,32)23-12-6-10-18-11-7-15-27-24(18)23;;/h3-16,21,29H,2H2,1H3,(H,28,30);;/q;+1;-1/t21-;;/m0../s1. The number of benzene rings is 3. The number of aromatic nitrogens is 1. The number of carbonyl (C=O) groups is 1. The minimum atomic E-state index is -4.11. The summed E-state index contributed by atoms with van der Waals surface area (Å²) in [6.07, 6.45) is 2.11. The fourth-order valence-electron chi connectivity index (χ4n) is 3.63. The molecule has 0 saturated carbocycles. The van der Waals surface area contributed by atoms with Crippen LogP contribution >= 0.6 is 0 Å². The van der Waals surface area contributed by atoms with Crippen LogP contribution in [-0.4, -0.2) is 19.3 Å². The number of carbonyl (C=O) groups excluding carboxylic acids is 1. The number of nitrogens with zero attached hydrogens (tertiary/aromatic N) is 1. The zero-order valence-corrected chi connectivity index (χ0v) is 21.6. The zero-order valence-electron chi connectivity index (χ0n) is 19.8. The van der Waals surface area contributed by atoms with E-state index in [1.807, 2.05) is 37.3 Å². The number of anilines is 1. The average Bonchev–Trinajstić information content (AvgIpc) is 2.83. The molecule has 0 radical (unpaired) electrons. The Labute approximate surface area is 221 Å². The molecule has 1 amide bonds. The van der Waals surface area contributed by atoms with E-state index in [1.165, 1.54) is 18.3 Å². The van der Waals surface area contributed by atoms with Crippen molar-refractivity contribution in [2.24, 2.45) is 0 Å². The molecule has 1 heterocycles. The number of halogens is 1. The number of sulfonamides is 1. The van der Waals surface area contributed by atoms with E-state index in [9.17, 15) is 17.6 Å². The summed E-state index contributed by atoms with van der Waals surface area (Å²) in [6, 6.07) is 20.7. The van der Waals surface area contributed by atoms with Gasteiger partial charge in [0.05, 0.1) is 22.8 Å². The molecule has 34 heavy (non-hydrogen) atoms. The number of rotatable bonds is 7. The zero-order chi connectivity index (χ0) is 23.4. The van der Waals surface area contributed by atoms with Crippen molar-refractivity contribution in [3.05, 3.63) is 102 Å². The molecule has 2 N–H and O–H groups in total. The maximum Gasteiger partial charge on any atom is 1.00 e. The Morgan fingerprint density at radius 1 is 1.03 bits per heavy atom. The second kappa shape index (κ2) is 11.1. The van der Waals surface area contributed by atoms with Crippen molar-refractivity contribution in [2.45, 2.75) is 24.3 Å². The Kier molecular flexibility index (Phi) is 8.43. The molecule has 0 aliphatic carbocycles. The third kappa shape index (κ3) is 5.64. The minimum absolute atomic E-state index is 0. The number of fused-ring (bicyclic) bond motifs is 1. The van der Waals surface area contributed by atoms with Gasteiger partial charge in [-0.15, -0.1) is 0 Å². The van der Waals surface area contributed by atoms with Crippen LogP contribution in [0.25, 0.3) is 10.9 Å². The van der Waals surface area contributed by atoms with Crippen molar-refractivity contribution < 1.29 is 48.6 Å². The van der Waals surface area contributed by atoms with E-state index in [4.69, 9.17) is 0 Å². The summed E-state index contributed by atoms with van der Waals surface area (Å²) in [4.78, 5) is 17.2. The first kappa shape index (κ1) is 25.8. The Balaban J connectivity index is 0.00000216. The van der Waals surface area contributed by atoms with Gasteiger partial charge in [-0.1, -0.05) is 55.5 Å². The average molecular weight is 488 g/mol. The molecule has 3 aromatic carbocycles.